The summed E-state index contributed by atoms with van der Waals surface area (Å²) in [5.41, 5.74) is 2.44. The van der Waals surface area contributed by atoms with Gasteiger partial charge in [-0.25, -0.2) is 4.99 Å². The van der Waals surface area contributed by atoms with Crippen molar-refractivity contribution in [3.05, 3.63) is 54.0 Å². The molecule has 1 aromatic carbocycles. The van der Waals surface area contributed by atoms with Crippen molar-refractivity contribution in [2.75, 3.05) is 37.7 Å². The molecule has 25 heavy (non-hydrogen) atoms. The predicted octanol–water partition coefficient (Wildman–Crippen LogP) is 2.37. The monoisotopic (exact) mass is 342 g/mol. The largest absolute Gasteiger partial charge is 0.467 e. The molecule has 1 aliphatic heterocycles. The van der Waals surface area contributed by atoms with Crippen molar-refractivity contribution in [1.82, 2.24) is 10.6 Å². The Balaban J connectivity index is 1.55. The van der Waals surface area contributed by atoms with Crippen LogP contribution in [0.2, 0.25) is 0 Å². The first-order valence-corrected chi connectivity index (χ1v) is 8.81. The summed E-state index contributed by atoms with van der Waals surface area (Å²) in [4.78, 5) is 7.00. The summed E-state index contributed by atoms with van der Waals surface area (Å²) in [5.74, 6) is 1.68. The third-order valence-corrected chi connectivity index (χ3v) is 4.09. The quantitative estimate of drug-likeness (QED) is 0.623. The van der Waals surface area contributed by atoms with E-state index in [1.807, 2.05) is 12.1 Å². The average molecular weight is 342 g/mol. The molecule has 0 unspecified atom stereocenters. The number of anilines is 1. The Bertz CT molecular complexity index is 647. The molecule has 1 saturated heterocycles. The second kappa shape index (κ2) is 9.13. The van der Waals surface area contributed by atoms with Gasteiger partial charge in [0.2, 0.25) is 0 Å². The van der Waals surface area contributed by atoms with Crippen LogP contribution in [0.1, 0.15) is 18.2 Å². The van der Waals surface area contributed by atoms with E-state index in [2.05, 4.69) is 51.7 Å². The van der Waals surface area contributed by atoms with Crippen molar-refractivity contribution >= 4 is 11.6 Å². The summed E-state index contributed by atoms with van der Waals surface area (Å²) >= 11 is 0. The molecule has 0 bridgehead atoms. The standard InChI is InChI=1S/C19H26N4O2/c1-2-20-19(22-15-18-4-3-11-25-18)21-14-16-5-7-17(8-6-16)23-9-12-24-13-10-23/h3-8,11H,2,9-10,12-15H2,1H3,(H2,20,21,22). The van der Waals surface area contributed by atoms with Gasteiger partial charge in [0.15, 0.2) is 5.96 Å². The highest BCUT2D eigenvalue weighted by molar-refractivity contribution is 5.79. The predicted molar refractivity (Wildman–Crippen MR) is 99.8 cm³/mol. The van der Waals surface area contributed by atoms with Crippen molar-refractivity contribution in [3.8, 4) is 0 Å². The van der Waals surface area contributed by atoms with Crippen molar-refractivity contribution in [2.45, 2.75) is 20.0 Å². The fourth-order valence-corrected chi connectivity index (χ4v) is 2.73. The third-order valence-electron chi connectivity index (χ3n) is 4.09. The molecule has 0 aliphatic carbocycles. The number of ether oxygens (including phenoxy) is 1. The molecule has 1 aromatic heterocycles. The molecular weight excluding hydrogens is 316 g/mol. The van der Waals surface area contributed by atoms with Crippen LogP contribution in [0, 0.1) is 0 Å². The number of hydrogen-bond acceptors (Lipinski definition) is 4. The van der Waals surface area contributed by atoms with Crippen LogP contribution in [0.3, 0.4) is 0 Å². The Morgan fingerprint density at radius 1 is 1.12 bits per heavy atom. The van der Waals surface area contributed by atoms with Crippen LogP contribution in [-0.4, -0.2) is 38.8 Å². The molecule has 1 fully saturated rings. The summed E-state index contributed by atoms with van der Waals surface area (Å²) in [6, 6.07) is 12.4. The van der Waals surface area contributed by atoms with Gasteiger partial charge < -0.3 is 24.7 Å². The Hall–Kier alpha value is -2.47. The number of nitrogens with one attached hydrogen (secondary N) is 2. The molecule has 6 nitrogen and oxygen atoms in total. The van der Waals surface area contributed by atoms with Gasteiger partial charge in [-0.05, 0) is 36.8 Å². The smallest absolute Gasteiger partial charge is 0.191 e. The number of rotatable bonds is 6. The van der Waals surface area contributed by atoms with Gasteiger partial charge in [0, 0.05) is 25.3 Å². The zero-order chi connectivity index (χ0) is 17.3. The van der Waals surface area contributed by atoms with E-state index < -0.39 is 0 Å². The van der Waals surface area contributed by atoms with Gasteiger partial charge in [-0.15, -0.1) is 0 Å². The molecule has 0 radical (unpaired) electrons. The second-order valence-electron chi connectivity index (χ2n) is 5.89. The summed E-state index contributed by atoms with van der Waals surface area (Å²) in [6.07, 6.45) is 1.68. The molecule has 2 N–H and O–H groups in total. The summed E-state index contributed by atoms with van der Waals surface area (Å²) in [7, 11) is 0. The van der Waals surface area contributed by atoms with E-state index in [1.165, 1.54) is 11.3 Å². The van der Waals surface area contributed by atoms with E-state index >= 15 is 0 Å². The van der Waals surface area contributed by atoms with Gasteiger partial charge in [0.1, 0.15) is 5.76 Å². The van der Waals surface area contributed by atoms with Crippen molar-refractivity contribution in [1.29, 1.82) is 0 Å². The Kier molecular flexibility index (Phi) is 6.34. The van der Waals surface area contributed by atoms with E-state index in [9.17, 15) is 0 Å². The van der Waals surface area contributed by atoms with Gasteiger partial charge in [0.05, 0.1) is 32.6 Å². The third kappa shape index (κ3) is 5.26. The lowest BCUT2D eigenvalue weighted by Gasteiger charge is -2.28. The molecule has 0 saturated carbocycles. The first-order chi connectivity index (χ1) is 12.3. The van der Waals surface area contributed by atoms with Gasteiger partial charge in [-0.1, -0.05) is 12.1 Å². The second-order valence-corrected chi connectivity index (χ2v) is 5.89. The van der Waals surface area contributed by atoms with Crippen molar-refractivity contribution in [3.63, 3.8) is 0 Å². The van der Waals surface area contributed by atoms with Gasteiger partial charge in [-0.2, -0.15) is 0 Å². The van der Waals surface area contributed by atoms with Gasteiger partial charge in [-0.3, -0.25) is 0 Å². The molecule has 134 valence electrons. The number of benzene rings is 1. The highest BCUT2D eigenvalue weighted by atomic mass is 16.5. The van der Waals surface area contributed by atoms with Crippen LogP contribution in [0.15, 0.2) is 52.1 Å². The van der Waals surface area contributed by atoms with E-state index in [0.717, 1.165) is 44.6 Å². The molecule has 6 heteroatoms. The van der Waals surface area contributed by atoms with Gasteiger partial charge in [0.25, 0.3) is 0 Å². The lowest BCUT2D eigenvalue weighted by atomic mass is 10.2. The topological polar surface area (TPSA) is 62.0 Å². The highest BCUT2D eigenvalue weighted by Crippen LogP contribution is 2.17. The Labute approximate surface area is 148 Å². The van der Waals surface area contributed by atoms with E-state index in [0.29, 0.717) is 13.1 Å². The SMILES string of the molecule is CCNC(=NCc1ccc(N2CCOCC2)cc1)NCc1ccco1. The summed E-state index contributed by atoms with van der Waals surface area (Å²) in [5, 5.41) is 6.53. The van der Waals surface area contributed by atoms with Crippen molar-refractivity contribution in [2.24, 2.45) is 4.99 Å². The number of nitrogens with zero attached hydrogens (tertiary/aromatic N) is 2. The maximum atomic E-state index is 5.40. The van der Waals surface area contributed by atoms with Crippen LogP contribution < -0.4 is 15.5 Å². The summed E-state index contributed by atoms with van der Waals surface area (Å²) in [6.45, 7) is 7.66. The number of aliphatic imine (C=N–C) groups is 1. The molecule has 0 spiro atoms. The number of guanidine groups is 1. The van der Waals surface area contributed by atoms with Crippen LogP contribution in [0.5, 0.6) is 0 Å². The van der Waals surface area contributed by atoms with E-state index in [4.69, 9.17) is 9.15 Å². The summed E-state index contributed by atoms with van der Waals surface area (Å²) < 4.78 is 10.7. The zero-order valence-corrected chi connectivity index (χ0v) is 14.7. The molecule has 0 amide bonds. The average Bonchev–Trinajstić information content (AvgIpc) is 3.19. The molecule has 1 aliphatic rings. The zero-order valence-electron chi connectivity index (χ0n) is 14.7. The number of morpholine rings is 1. The van der Waals surface area contributed by atoms with Crippen LogP contribution in [-0.2, 0) is 17.8 Å². The lowest BCUT2D eigenvalue weighted by molar-refractivity contribution is 0.122. The first-order valence-electron chi connectivity index (χ1n) is 8.81. The minimum absolute atomic E-state index is 0.620. The minimum Gasteiger partial charge on any atom is -0.467 e. The fraction of sp³-hybridized carbons (Fsp3) is 0.421. The van der Waals surface area contributed by atoms with Crippen molar-refractivity contribution < 1.29 is 9.15 Å². The normalized spacial score (nSPS) is 15.2. The maximum Gasteiger partial charge on any atom is 0.191 e. The van der Waals surface area contributed by atoms with E-state index in [-0.39, 0.29) is 0 Å². The Morgan fingerprint density at radius 2 is 1.92 bits per heavy atom. The van der Waals surface area contributed by atoms with Crippen LogP contribution in [0.4, 0.5) is 5.69 Å². The fourth-order valence-electron chi connectivity index (χ4n) is 2.73. The maximum absolute atomic E-state index is 5.40. The lowest BCUT2D eigenvalue weighted by Crippen LogP contribution is -2.36. The highest BCUT2D eigenvalue weighted by Gasteiger charge is 2.10. The number of furan rings is 1. The van der Waals surface area contributed by atoms with E-state index in [1.54, 1.807) is 6.26 Å². The minimum atomic E-state index is 0.620. The number of hydrogen-bond donors (Lipinski definition) is 2. The van der Waals surface area contributed by atoms with Crippen LogP contribution >= 0.6 is 0 Å². The first kappa shape index (κ1) is 17.4. The van der Waals surface area contributed by atoms with Gasteiger partial charge >= 0.3 is 0 Å². The van der Waals surface area contributed by atoms with Crippen LogP contribution in [0.25, 0.3) is 0 Å². The molecule has 3 rings (SSSR count). The molecular formula is C19H26N4O2. The molecule has 2 aromatic rings. The molecule has 0 atom stereocenters. The molecule has 2 heterocycles. The Morgan fingerprint density at radius 3 is 2.60 bits per heavy atom.